The summed E-state index contributed by atoms with van der Waals surface area (Å²) in [5.41, 5.74) is -0.147. The van der Waals surface area contributed by atoms with Gasteiger partial charge in [-0.05, 0) is 18.8 Å². The molecule has 3 unspecified atom stereocenters. The van der Waals surface area contributed by atoms with Gasteiger partial charge in [0.2, 0.25) is 5.91 Å². The second-order valence-corrected chi connectivity index (χ2v) is 8.84. The molecule has 4 nitrogen and oxygen atoms in total. The Balaban J connectivity index is 2.75. The van der Waals surface area contributed by atoms with Crippen LogP contribution in [0.2, 0.25) is 0 Å². The number of carbonyl (C=O) groups excluding carboxylic acids is 1. The first kappa shape index (κ1) is 18.4. The second-order valence-electron chi connectivity index (χ2n) is 8.84. The van der Waals surface area contributed by atoms with Crippen LogP contribution < -0.4 is 5.32 Å². The van der Waals surface area contributed by atoms with E-state index in [0.717, 1.165) is 19.5 Å². The number of hydrogen-bond acceptors (Lipinski definition) is 3. The fourth-order valence-electron chi connectivity index (χ4n) is 2.73. The van der Waals surface area contributed by atoms with Gasteiger partial charge in [-0.25, -0.2) is 0 Å². The van der Waals surface area contributed by atoms with Crippen LogP contribution in [0, 0.1) is 16.7 Å². The van der Waals surface area contributed by atoms with E-state index >= 15 is 0 Å². The van der Waals surface area contributed by atoms with Crippen LogP contribution in [0.4, 0.5) is 0 Å². The third-order valence-electron chi connectivity index (χ3n) is 4.02. The average molecular weight is 298 g/mol. The lowest BCUT2D eigenvalue weighted by molar-refractivity contribution is -0.142. The molecule has 124 valence electrons. The monoisotopic (exact) mass is 298 g/mol. The van der Waals surface area contributed by atoms with Gasteiger partial charge in [0.1, 0.15) is 0 Å². The van der Waals surface area contributed by atoms with Crippen molar-refractivity contribution in [1.82, 2.24) is 10.2 Å². The van der Waals surface area contributed by atoms with Gasteiger partial charge in [-0.15, -0.1) is 0 Å². The lowest BCUT2D eigenvalue weighted by Crippen LogP contribution is -2.56. The summed E-state index contributed by atoms with van der Waals surface area (Å²) in [6, 6.07) is 0.267. The number of carbonyl (C=O) groups is 1. The molecular weight excluding hydrogens is 264 g/mol. The van der Waals surface area contributed by atoms with Gasteiger partial charge in [0, 0.05) is 37.0 Å². The molecule has 0 aromatic rings. The summed E-state index contributed by atoms with van der Waals surface area (Å²) in [5, 5.41) is 13.5. The average Bonchev–Trinajstić information content (AvgIpc) is 2.33. The largest absolute Gasteiger partial charge is 0.393 e. The maximum Gasteiger partial charge on any atom is 0.228 e. The summed E-state index contributed by atoms with van der Waals surface area (Å²) in [4.78, 5) is 14.5. The lowest BCUT2D eigenvalue weighted by Gasteiger charge is -2.42. The van der Waals surface area contributed by atoms with Crippen LogP contribution in [0.1, 0.15) is 54.9 Å². The molecule has 2 N–H and O–H groups in total. The second kappa shape index (κ2) is 6.66. The molecule has 1 heterocycles. The van der Waals surface area contributed by atoms with E-state index in [0.29, 0.717) is 6.54 Å². The Hall–Kier alpha value is -0.610. The molecule has 0 aromatic heterocycles. The van der Waals surface area contributed by atoms with Crippen LogP contribution in [0.5, 0.6) is 0 Å². The predicted molar refractivity (Wildman–Crippen MR) is 87.1 cm³/mol. The van der Waals surface area contributed by atoms with Gasteiger partial charge in [-0.3, -0.25) is 4.79 Å². The van der Waals surface area contributed by atoms with E-state index in [-0.39, 0.29) is 34.8 Å². The Kier molecular flexibility index (Phi) is 5.84. The molecule has 1 fully saturated rings. The van der Waals surface area contributed by atoms with E-state index in [4.69, 9.17) is 0 Å². The Morgan fingerprint density at radius 2 is 1.81 bits per heavy atom. The SMILES string of the molecule is CC(O)C1CC(NCC(C)(C)C)CN(C(=O)C(C)(C)C)C1. The van der Waals surface area contributed by atoms with Gasteiger partial charge in [0.05, 0.1) is 6.10 Å². The van der Waals surface area contributed by atoms with Crippen molar-refractivity contribution in [2.75, 3.05) is 19.6 Å². The number of rotatable bonds is 3. The zero-order valence-electron chi connectivity index (χ0n) is 14.9. The molecule has 1 saturated heterocycles. The van der Waals surface area contributed by atoms with Crippen molar-refractivity contribution >= 4 is 5.91 Å². The van der Waals surface area contributed by atoms with Crippen LogP contribution in [0.3, 0.4) is 0 Å². The third kappa shape index (κ3) is 5.95. The van der Waals surface area contributed by atoms with Crippen molar-refractivity contribution in [3.8, 4) is 0 Å². The fraction of sp³-hybridized carbons (Fsp3) is 0.941. The molecule has 4 heteroatoms. The van der Waals surface area contributed by atoms with Gasteiger partial charge in [0.25, 0.3) is 0 Å². The maximum absolute atomic E-state index is 12.6. The molecule has 0 radical (unpaired) electrons. The molecule has 1 aliphatic rings. The van der Waals surface area contributed by atoms with Gasteiger partial charge < -0.3 is 15.3 Å². The van der Waals surface area contributed by atoms with E-state index in [9.17, 15) is 9.90 Å². The van der Waals surface area contributed by atoms with Crippen LogP contribution in [-0.4, -0.2) is 47.7 Å². The van der Waals surface area contributed by atoms with Gasteiger partial charge >= 0.3 is 0 Å². The standard InChI is InChI=1S/C17H34N2O2/c1-12(20)13-8-14(18-11-16(2,3)4)10-19(9-13)15(21)17(5,6)7/h12-14,18,20H,8-11H2,1-7H3. The number of likely N-dealkylation sites (tertiary alicyclic amines) is 1. The highest BCUT2D eigenvalue weighted by Crippen LogP contribution is 2.26. The summed E-state index contributed by atoms with van der Waals surface area (Å²) >= 11 is 0. The molecule has 1 aliphatic heterocycles. The minimum absolute atomic E-state index is 0.155. The molecule has 1 rings (SSSR count). The Labute approximate surface area is 130 Å². The highest BCUT2D eigenvalue weighted by molar-refractivity contribution is 5.81. The van der Waals surface area contributed by atoms with Gasteiger partial charge in [-0.1, -0.05) is 41.5 Å². The van der Waals surface area contributed by atoms with Crippen molar-refractivity contribution < 1.29 is 9.90 Å². The van der Waals surface area contributed by atoms with E-state index in [2.05, 4.69) is 26.1 Å². The van der Waals surface area contributed by atoms with Gasteiger partial charge in [-0.2, -0.15) is 0 Å². The van der Waals surface area contributed by atoms with Gasteiger partial charge in [0.15, 0.2) is 0 Å². The van der Waals surface area contributed by atoms with Crippen LogP contribution in [0.25, 0.3) is 0 Å². The van der Waals surface area contributed by atoms with Crippen molar-refractivity contribution in [3.63, 3.8) is 0 Å². The molecule has 3 atom stereocenters. The summed E-state index contributed by atoms with van der Waals surface area (Å²) in [6.07, 6.45) is 0.557. The topological polar surface area (TPSA) is 52.6 Å². The highest BCUT2D eigenvalue weighted by Gasteiger charge is 2.36. The number of nitrogens with one attached hydrogen (secondary N) is 1. The number of piperidine rings is 1. The maximum atomic E-state index is 12.6. The van der Waals surface area contributed by atoms with E-state index in [1.54, 1.807) is 0 Å². The van der Waals surface area contributed by atoms with Crippen molar-refractivity contribution in [1.29, 1.82) is 0 Å². The summed E-state index contributed by atoms with van der Waals surface area (Å²) in [7, 11) is 0. The molecular formula is C17H34N2O2. The minimum atomic E-state index is -0.375. The first-order valence-corrected chi connectivity index (χ1v) is 8.11. The highest BCUT2D eigenvalue weighted by atomic mass is 16.3. The third-order valence-corrected chi connectivity index (χ3v) is 4.02. The lowest BCUT2D eigenvalue weighted by atomic mass is 9.86. The molecule has 0 bridgehead atoms. The fourth-order valence-corrected chi connectivity index (χ4v) is 2.73. The number of aliphatic hydroxyl groups excluding tert-OH is 1. The predicted octanol–water partition coefficient (Wildman–Crippen LogP) is 2.27. The normalized spacial score (nSPS) is 25.8. The minimum Gasteiger partial charge on any atom is -0.393 e. The summed E-state index contributed by atoms with van der Waals surface area (Å²) < 4.78 is 0. The number of nitrogens with zero attached hydrogens (tertiary/aromatic N) is 1. The first-order chi connectivity index (χ1) is 9.40. The van der Waals surface area contributed by atoms with E-state index in [1.807, 2.05) is 32.6 Å². The zero-order chi connectivity index (χ0) is 16.4. The van der Waals surface area contributed by atoms with Crippen LogP contribution in [0.15, 0.2) is 0 Å². The molecule has 0 spiro atoms. The number of amides is 1. The summed E-state index contributed by atoms with van der Waals surface area (Å²) in [6.45, 7) is 16.6. The molecule has 0 aliphatic carbocycles. The Bertz CT molecular complexity index is 353. The smallest absolute Gasteiger partial charge is 0.228 e. The summed E-state index contributed by atoms with van der Waals surface area (Å²) in [5.74, 6) is 0.331. The Morgan fingerprint density at radius 3 is 2.24 bits per heavy atom. The van der Waals surface area contributed by atoms with Crippen molar-refractivity contribution in [3.05, 3.63) is 0 Å². The molecule has 0 saturated carbocycles. The quantitative estimate of drug-likeness (QED) is 0.840. The molecule has 1 amide bonds. The van der Waals surface area contributed by atoms with Crippen LogP contribution in [-0.2, 0) is 4.79 Å². The van der Waals surface area contributed by atoms with Crippen molar-refractivity contribution in [2.45, 2.75) is 67.0 Å². The van der Waals surface area contributed by atoms with E-state index in [1.165, 1.54) is 0 Å². The number of hydrogen-bond donors (Lipinski definition) is 2. The van der Waals surface area contributed by atoms with Crippen LogP contribution >= 0.6 is 0 Å². The Morgan fingerprint density at radius 1 is 1.24 bits per heavy atom. The van der Waals surface area contributed by atoms with Crippen molar-refractivity contribution in [2.24, 2.45) is 16.7 Å². The first-order valence-electron chi connectivity index (χ1n) is 8.11. The molecule has 0 aromatic carbocycles. The zero-order valence-corrected chi connectivity index (χ0v) is 14.9. The molecule has 21 heavy (non-hydrogen) atoms. The van der Waals surface area contributed by atoms with E-state index < -0.39 is 0 Å². The number of aliphatic hydroxyl groups is 1.